The van der Waals surface area contributed by atoms with E-state index in [2.05, 4.69) is 21.5 Å². The van der Waals surface area contributed by atoms with Crippen molar-refractivity contribution in [2.75, 3.05) is 5.32 Å². The minimum absolute atomic E-state index is 0.158. The summed E-state index contributed by atoms with van der Waals surface area (Å²) in [5.41, 5.74) is 1.94. The van der Waals surface area contributed by atoms with Gasteiger partial charge in [0.05, 0.1) is 24.0 Å². The van der Waals surface area contributed by atoms with Gasteiger partial charge in [0.15, 0.2) is 0 Å². The monoisotopic (exact) mass is 330 g/mol. The summed E-state index contributed by atoms with van der Waals surface area (Å²) < 4.78 is 1.39. The lowest BCUT2D eigenvalue weighted by Gasteiger charge is -2.21. The Balaban J connectivity index is 1.83. The molecule has 2 N–H and O–H groups in total. The van der Waals surface area contributed by atoms with Gasteiger partial charge in [0.25, 0.3) is 5.56 Å². The van der Waals surface area contributed by atoms with Gasteiger partial charge >= 0.3 is 0 Å². The lowest BCUT2D eigenvalue weighted by molar-refractivity contribution is 0.338. The molecule has 1 aromatic carbocycles. The molecular weight excluding hydrogens is 312 g/mol. The molecule has 0 fully saturated rings. The fraction of sp³-hybridized carbons (Fsp3) is 0.294. The van der Waals surface area contributed by atoms with E-state index in [9.17, 15) is 4.79 Å². The van der Waals surface area contributed by atoms with Gasteiger partial charge in [-0.25, -0.2) is 4.68 Å². The highest BCUT2D eigenvalue weighted by atomic mass is 35.5. The van der Waals surface area contributed by atoms with Crippen LogP contribution >= 0.6 is 11.6 Å². The van der Waals surface area contributed by atoms with Crippen LogP contribution in [-0.4, -0.2) is 14.8 Å². The maximum atomic E-state index is 12.3. The van der Waals surface area contributed by atoms with E-state index in [-0.39, 0.29) is 10.6 Å². The number of hydrogen-bond acceptors (Lipinski definition) is 3. The van der Waals surface area contributed by atoms with Crippen molar-refractivity contribution in [3.05, 3.63) is 57.6 Å². The Morgan fingerprint density at radius 2 is 2.04 bits per heavy atom. The molecule has 0 aliphatic rings. The third-order valence-corrected chi connectivity index (χ3v) is 3.97. The molecule has 3 aromatic rings. The second-order valence-electron chi connectivity index (χ2n) is 6.50. The molecule has 0 aliphatic heterocycles. The van der Waals surface area contributed by atoms with Gasteiger partial charge < -0.3 is 10.3 Å². The predicted molar refractivity (Wildman–Crippen MR) is 94.1 cm³/mol. The van der Waals surface area contributed by atoms with Crippen LogP contribution in [0.4, 0.5) is 5.69 Å². The quantitative estimate of drug-likeness (QED) is 0.769. The molecule has 2 heterocycles. The molecule has 120 valence electrons. The Morgan fingerprint density at radius 3 is 2.74 bits per heavy atom. The number of aromatic amines is 1. The van der Waals surface area contributed by atoms with Gasteiger partial charge in [-0.2, -0.15) is 5.10 Å². The average molecular weight is 331 g/mol. The number of rotatable bonds is 3. The van der Waals surface area contributed by atoms with Crippen LogP contribution in [0.5, 0.6) is 0 Å². The number of H-pyrrole nitrogens is 1. The second kappa shape index (κ2) is 5.74. The minimum atomic E-state index is -0.406. The third kappa shape index (κ3) is 3.10. The predicted octanol–water partition coefficient (Wildman–Crippen LogP) is 3.75. The van der Waals surface area contributed by atoms with E-state index >= 15 is 0 Å². The molecule has 23 heavy (non-hydrogen) atoms. The summed E-state index contributed by atoms with van der Waals surface area (Å²) in [6.45, 7) is 6.27. The second-order valence-corrected chi connectivity index (χ2v) is 6.87. The summed E-state index contributed by atoms with van der Waals surface area (Å²) in [7, 11) is 0. The Kier molecular flexibility index (Phi) is 3.90. The van der Waals surface area contributed by atoms with Gasteiger partial charge in [0.1, 0.15) is 5.02 Å². The van der Waals surface area contributed by atoms with Crippen LogP contribution in [-0.2, 0) is 12.1 Å². The average Bonchev–Trinajstić information content (AvgIpc) is 2.90. The largest absolute Gasteiger partial charge is 0.377 e. The topological polar surface area (TPSA) is 62.7 Å². The molecule has 6 heteroatoms. The number of anilines is 1. The lowest BCUT2D eigenvalue weighted by atomic mass is 10.1. The van der Waals surface area contributed by atoms with Gasteiger partial charge in [-0.1, -0.05) is 29.8 Å². The highest BCUT2D eigenvalue weighted by molar-refractivity contribution is 6.32. The summed E-state index contributed by atoms with van der Waals surface area (Å²) in [4.78, 5) is 15.6. The van der Waals surface area contributed by atoms with Crippen LogP contribution < -0.4 is 10.9 Å². The number of para-hydroxylation sites is 1. The molecule has 0 aliphatic carbocycles. The Labute approximate surface area is 139 Å². The zero-order valence-corrected chi connectivity index (χ0v) is 14.1. The summed E-state index contributed by atoms with van der Waals surface area (Å²) in [6, 6.07) is 10.1. The highest BCUT2D eigenvalue weighted by Crippen LogP contribution is 2.20. The molecule has 0 bridgehead atoms. The smallest absolute Gasteiger partial charge is 0.288 e. The van der Waals surface area contributed by atoms with Crippen molar-refractivity contribution in [1.82, 2.24) is 14.8 Å². The van der Waals surface area contributed by atoms with Gasteiger partial charge in [-0.05, 0) is 38.3 Å². The van der Waals surface area contributed by atoms with Crippen molar-refractivity contribution in [2.45, 2.75) is 32.9 Å². The summed E-state index contributed by atoms with van der Waals surface area (Å²) in [6.07, 6.45) is 1.59. The van der Waals surface area contributed by atoms with Gasteiger partial charge in [-0.15, -0.1) is 0 Å². The third-order valence-electron chi connectivity index (χ3n) is 3.61. The summed E-state index contributed by atoms with van der Waals surface area (Å²) in [5, 5.41) is 8.69. The number of fused-ring (bicyclic) bond motifs is 1. The van der Waals surface area contributed by atoms with Crippen LogP contribution in [0, 0.1) is 0 Å². The number of nitrogens with zero attached hydrogens (tertiary/aromatic N) is 2. The van der Waals surface area contributed by atoms with Crippen molar-refractivity contribution >= 4 is 28.2 Å². The van der Waals surface area contributed by atoms with E-state index in [4.69, 9.17) is 11.6 Å². The first-order chi connectivity index (χ1) is 10.9. The van der Waals surface area contributed by atoms with Crippen molar-refractivity contribution in [3.63, 3.8) is 0 Å². The van der Waals surface area contributed by atoms with E-state index in [1.54, 1.807) is 6.20 Å². The molecule has 0 amide bonds. The van der Waals surface area contributed by atoms with E-state index in [0.717, 1.165) is 16.6 Å². The van der Waals surface area contributed by atoms with Crippen molar-refractivity contribution in [1.29, 1.82) is 0 Å². The molecule has 5 nitrogen and oxygen atoms in total. The summed E-state index contributed by atoms with van der Waals surface area (Å²) >= 11 is 6.20. The zero-order valence-electron chi connectivity index (χ0n) is 13.4. The standard InChI is InChI=1S/C17H19ClN4O/c1-17(2,3)22-16(23)15(18)14(10-20-22)19-9-12-8-11-6-4-5-7-13(11)21-12/h4-8,10,19,21H,9H2,1-3H3. The lowest BCUT2D eigenvalue weighted by Crippen LogP contribution is -2.36. The molecule has 0 radical (unpaired) electrons. The molecule has 0 saturated carbocycles. The van der Waals surface area contributed by atoms with Crippen molar-refractivity contribution in [2.24, 2.45) is 0 Å². The number of hydrogen-bond donors (Lipinski definition) is 2. The van der Waals surface area contributed by atoms with E-state index < -0.39 is 5.54 Å². The maximum Gasteiger partial charge on any atom is 0.288 e. The van der Waals surface area contributed by atoms with Crippen LogP contribution in [0.25, 0.3) is 10.9 Å². The molecule has 0 saturated heterocycles. The molecular formula is C17H19ClN4O. The van der Waals surface area contributed by atoms with Gasteiger partial charge in [-0.3, -0.25) is 4.79 Å². The van der Waals surface area contributed by atoms with Crippen LogP contribution in [0.2, 0.25) is 5.02 Å². The summed E-state index contributed by atoms with van der Waals surface area (Å²) in [5.74, 6) is 0. The fourth-order valence-electron chi connectivity index (χ4n) is 2.45. The SMILES string of the molecule is CC(C)(C)n1ncc(NCc2cc3ccccc3[nH]2)c(Cl)c1=O. The van der Waals surface area contributed by atoms with Gasteiger partial charge in [0.2, 0.25) is 0 Å². The first-order valence-electron chi connectivity index (χ1n) is 7.45. The Morgan fingerprint density at radius 1 is 1.30 bits per heavy atom. The zero-order chi connectivity index (χ0) is 16.6. The molecule has 0 atom stereocenters. The Hall–Kier alpha value is -2.27. The van der Waals surface area contributed by atoms with E-state index in [1.807, 2.05) is 45.0 Å². The first-order valence-corrected chi connectivity index (χ1v) is 7.83. The number of nitrogens with one attached hydrogen (secondary N) is 2. The van der Waals surface area contributed by atoms with Crippen molar-refractivity contribution in [3.8, 4) is 0 Å². The van der Waals surface area contributed by atoms with Crippen molar-refractivity contribution < 1.29 is 0 Å². The maximum absolute atomic E-state index is 12.3. The number of halogens is 1. The fourth-order valence-corrected chi connectivity index (χ4v) is 2.65. The molecule has 3 rings (SSSR count). The number of aromatic nitrogens is 3. The minimum Gasteiger partial charge on any atom is -0.377 e. The van der Waals surface area contributed by atoms with Crippen LogP contribution in [0.1, 0.15) is 26.5 Å². The Bertz CT molecular complexity index is 872. The molecule has 2 aromatic heterocycles. The first kappa shape index (κ1) is 15.6. The number of benzene rings is 1. The van der Waals surface area contributed by atoms with Gasteiger partial charge in [0, 0.05) is 11.2 Å². The van der Waals surface area contributed by atoms with E-state index in [1.165, 1.54) is 4.68 Å². The normalized spacial score (nSPS) is 11.8. The van der Waals surface area contributed by atoms with E-state index in [0.29, 0.717) is 12.2 Å². The molecule has 0 spiro atoms. The highest BCUT2D eigenvalue weighted by Gasteiger charge is 2.19. The van der Waals surface area contributed by atoms with Crippen LogP contribution in [0.15, 0.2) is 41.3 Å². The molecule has 0 unspecified atom stereocenters. The van der Waals surface area contributed by atoms with Crippen LogP contribution in [0.3, 0.4) is 0 Å².